The summed E-state index contributed by atoms with van der Waals surface area (Å²) < 4.78 is 6.82. The van der Waals surface area contributed by atoms with Crippen LogP contribution < -0.4 is 9.64 Å². The summed E-state index contributed by atoms with van der Waals surface area (Å²) in [5.74, 6) is 0.296. The molecule has 1 saturated heterocycles. The van der Waals surface area contributed by atoms with E-state index in [1.807, 2.05) is 36.4 Å². The molecule has 0 N–H and O–H groups in total. The summed E-state index contributed by atoms with van der Waals surface area (Å²) in [6, 6.07) is 26.7. The number of para-hydroxylation sites is 1. The quantitative estimate of drug-likeness (QED) is 0.236. The zero-order valence-corrected chi connectivity index (χ0v) is 20.9. The van der Waals surface area contributed by atoms with Crippen LogP contribution in [0.15, 0.2) is 94.3 Å². The summed E-state index contributed by atoms with van der Waals surface area (Å²) in [4.78, 5) is 26.9. The second-order valence-corrected chi connectivity index (χ2v) is 9.84. The van der Waals surface area contributed by atoms with Crippen molar-refractivity contribution in [2.75, 3.05) is 4.90 Å². The molecule has 2 amide bonds. The van der Waals surface area contributed by atoms with Gasteiger partial charge in [0, 0.05) is 0 Å². The van der Waals surface area contributed by atoms with E-state index in [2.05, 4.69) is 40.2 Å². The van der Waals surface area contributed by atoms with Gasteiger partial charge in [-0.05, 0) is 79.9 Å². The molecule has 0 spiro atoms. The van der Waals surface area contributed by atoms with Gasteiger partial charge in [0.15, 0.2) is 0 Å². The van der Waals surface area contributed by atoms with E-state index in [0.29, 0.717) is 28.0 Å². The molecule has 0 aliphatic carbocycles. The predicted molar refractivity (Wildman–Crippen MR) is 142 cm³/mol. The van der Waals surface area contributed by atoms with Crippen LogP contribution in [-0.2, 0) is 11.4 Å². The predicted octanol–water partition coefficient (Wildman–Crippen LogP) is 8.08. The van der Waals surface area contributed by atoms with Crippen molar-refractivity contribution in [2.24, 2.45) is 0 Å². The van der Waals surface area contributed by atoms with Crippen molar-refractivity contribution in [1.29, 1.82) is 0 Å². The first-order valence-corrected chi connectivity index (χ1v) is 12.4. The topological polar surface area (TPSA) is 46.6 Å². The van der Waals surface area contributed by atoms with Crippen LogP contribution in [0.1, 0.15) is 11.1 Å². The largest absolute Gasteiger partial charge is 0.488 e. The number of amides is 2. The fourth-order valence-corrected chi connectivity index (χ4v) is 5.32. The number of hydrogen-bond donors (Lipinski definition) is 0. The van der Waals surface area contributed by atoms with Gasteiger partial charge in [-0.1, -0.05) is 72.3 Å². The lowest BCUT2D eigenvalue weighted by atomic mass is 10.1. The number of anilines is 1. The average Bonchev–Trinajstić information content (AvgIpc) is 3.11. The SMILES string of the molecule is O=C1S/C(=C\c2ccc(OCc3cccc4ccccc34)c(Br)c2)C(=O)N1c1ccccc1Cl. The lowest BCUT2D eigenvalue weighted by molar-refractivity contribution is -0.113. The minimum atomic E-state index is -0.393. The van der Waals surface area contributed by atoms with Crippen LogP contribution in [0.2, 0.25) is 5.02 Å². The normalized spacial score (nSPS) is 14.9. The molecular weight excluding hydrogens is 534 g/mol. The van der Waals surface area contributed by atoms with Gasteiger partial charge < -0.3 is 4.74 Å². The van der Waals surface area contributed by atoms with Gasteiger partial charge in [0.25, 0.3) is 11.1 Å². The molecule has 1 heterocycles. The molecule has 0 aromatic heterocycles. The summed E-state index contributed by atoms with van der Waals surface area (Å²) in [6.45, 7) is 0.427. The molecule has 168 valence electrons. The smallest absolute Gasteiger partial charge is 0.298 e. The van der Waals surface area contributed by atoms with Crippen LogP contribution in [0, 0.1) is 0 Å². The molecular formula is C27H17BrClNO3S. The second kappa shape index (κ2) is 9.66. The van der Waals surface area contributed by atoms with E-state index in [9.17, 15) is 9.59 Å². The van der Waals surface area contributed by atoms with E-state index in [-0.39, 0.29) is 5.24 Å². The van der Waals surface area contributed by atoms with Gasteiger partial charge >= 0.3 is 0 Å². The Balaban J connectivity index is 1.34. The molecule has 4 aromatic rings. The van der Waals surface area contributed by atoms with Crippen LogP contribution in [-0.4, -0.2) is 11.1 Å². The molecule has 7 heteroatoms. The highest BCUT2D eigenvalue weighted by molar-refractivity contribution is 9.10. The van der Waals surface area contributed by atoms with Crippen LogP contribution in [0.25, 0.3) is 16.8 Å². The van der Waals surface area contributed by atoms with Crippen molar-refractivity contribution in [3.63, 3.8) is 0 Å². The minimum Gasteiger partial charge on any atom is -0.488 e. The summed E-state index contributed by atoms with van der Waals surface area (Å²) in [5.41, 5.74) is 2.25. The average molecular weight is 551 g/mol. The van der Waals surface area contributed by atoms with E-state index in [0.717, 1.165) is 37.6 Å². The molecule has 5 rings (SSSR count). The molecule has 4 nitrogen and oxygen atoms in total. The first-order chi connectivity index (χ1) is 16.5. The van der Waals surface area contributed by atoms with Crippen molar-refractivity contribution >= 4 is 73.0 Å². The first kappa shape index (κ1) is 22.7. The van der Waals surface area contributed by atoms with Crippen molar-refractivity contribution in [3.05, 3.63) is 110 Å². The number of fused-ring (bicyclic) bond motifs is 1. The number of carbonyl (C=O) groups is 2. The molecule has 1 aliphatic heterocycles. The van der Waals surface area contributed by atoms with Gasteiger partial charge in [-0.3, -0.25) is 9.59 Å². The van der Waals surface area contributed by atoms with Gasteiger partial charge in [-0.15, -0.1) is 0 Å². The van der Waals surface area contributed by atoms with E-state index in [1.54, 1.807) is 30.3 Å². The van der Waals surface area contributed by atoms with Gasteiger partial charge in [-0.2, -0.15) is 0 Å². The highest BCUT2D eigenvalue weighted by atomic mass is 79.9. The summed E-state index contributed by atoms with van der Waals surface area (Å²) in [5, 5.41) is 2.30. The number of nitrogens with zero attached hydrogens (tertiary/aromatic N) is 1. The summed E-state index contributed by atoms with van der Waals surface area (Å²) >= 11 is 10.6. The van der Waals surface area contributed by atoms with E-state index in [1.165, 1.54) is 5.39 Å². The Morgan fingerprint density at radius 1 is 0.941 bits per heavy atom. The van der Waals surface area contributed by atoms with Crippen LogP contribution in [0.5, 0.6) is 5.75 Å². The summed E-state index contributed by atoms with van der Waals surface area (Å²) in [7, 11) is 0. The van der Waals surface area contributed by atoms with Gasteiger partial charge in [0.1, 0.15) is 12.4 Å². The Morgan fingerprint density at radius 2 is 1.71 bits per heavy atom. The highest BCUT2D eigenvalue weighted by Crippen LogP contribution is 2.39. The number of ether oxygens (including phenoxy) is 1. The third-order valence-corrected chi connectivity index (χ3v) is 7.21. The second-order valence-electron chi connectivity index (χ2n) is 7.59. The third kappa shape index (κ3) is 4.49. The standard InChI is InChI=1S/C27H17BrClNO3S/c28-21-14-17(15-25-26(31)30(27(32)34-25)23-11-4-3-10-22(23)29)12-13-24(21)33-16-19-8-5-7-18-6-1-2-9-20(18)19/h1-15H,16H2/b25-15-. The molecule has 0 radical (unpaired) electrons. The molecule has 0 unspecified atom stereocenters. The molecule has 34 heavy (non-hydrogen) atoms. The maximum Gasteiger partial charge on any atom is 0.298 e. The maximum absolute atomic E-state index is 12.9. The Bertz CT molecular complexity index is 1460. The number of hydrogen-bond acceptors (Lipinski definition) is 4. The van der Waals surface area contributed by atoms with Crippen molar-refractivity contribution in [3.8, 4) is 5.75 Å². The van der Waals surface area contributed by atoms with Crippen LogP contribution in [0.3, 0.4) is 0 Å². The zero-order valence-electron chi connectivity index (χ0n) is 17.7. The molecule has 1 aliphatic rings. The van der Waals surface area contributed by atoms with Gasteiger partial charge in [0.2, 0.25) is 0 Å². The molecule has 0 bridgehead atoms. The Hall–Kier alpha value is -3.06. The Labute approximate surface area is 214 Å². The fourth-order valence-electron chi connectivity index (χ4n) is 3.76. The maximum atomic E-state index is 12.9. The van der Waals surface area contributed by atoms with Crippen LogP contribution >= 0.6 is 39.3 Å². The lowest BCUT2D eigenvalue weighted by Gasteiger charge is -2.13. The molecule has 1 fully saturated rings. The van der Waals surface area contributed by atoms with E-state index < -0.39 is 5.91 Å². The number of halogens is 2. The van der Waals surface area contributed by atoms with Gasteiger partial charge in [0.05, 0.1) is 20.1 Å². The molecule has 0 saturated carbocycles. The monoisotopic (exact) mass is 549 g/mol. The van der Waals surface area contributed by atoms with E-state index in [4.69, 9.17) is 16.3 Å². The first-order valence-electron chi connectivity index (χ1n) is 10.4. The van der Waals surface area contributed by atoms with Crippen LogP contribution in [0.4, 0.5) is 10.5 Å². The third-order valence-electron chi connectivity index (χ3n) is 5.40. The number of imide groups is 1. The zero-order chi connectivity index (χ0) is 23.7. The molecule has 0 atom stereocenters. The van der Waals surface area contributed by atoms with Crippen molar-refractivity contribution in [2.45, 2.75) is 6.61 Å². The number of rotatable bonds is 5. The summed E-state index contributed by atoms with van der Waals surface area (Å²) in [6.07, 6.45) is 1.70. The number of benzene rings is 4. The lowest BCUT2D eigenvalue weighted by Crippen LogP contribution is -2.27. The van der Waals surface area contributed by atoms with Gasteiger partial charge in [-0.25, -0.2) is 4.90 Å². The fraction of sp³-hybridized carbons (Fsp3) is 0.0370. The van der Waals surface area contributed by atoms with Crippen molar-refractivity contribution in [1.82, 2.24) is 0 Å². The number of thioether (sulfide) groups is 1. The Kier molecular flexibility index (Phi) is 6.46. The molecule has 4 aromatic carbocycles. The highest BCUT2D eigenvalue weighted by Gasteiger charge is 2.37. The Morgan fingerprint density at radius 3 is 2.53 bits per heavy atom. The number of carbonyl (C=O) groups excluding carboxylic acids is 2. The van der Waals surface area contributed by atoms with E-state index >= 15 is 0 Å². The minimum absolute atomic E-state index is 0.334. The van der Waals surface area contributed by atoms with Crippen molar-refractivity contribution < 1.29 is 14.3 Å².